The molecule has 9 heteroatoms. The molecule has 2 saturated heterocycles. The van der Waals surface area contributed by atoms with Crippen molar-refractivity contribution >= 4 is 22.8 Å². The third kappa shape index (κ3) is 6.51. The average molecular weight is 588 g/mol. The quantitative estimate of drug-likeness (QED) is 0.259. The molecule has 4 aromatic carbocycles. The minimum absolute atomic E-state index is 0.165. The molecule has 0 bridgehead atoms. The van der Waals surface area contributed by atoms with Gasteiger partial charge in [-0.3, -0.25) is 14.6 Å². The van der Waals surface area contributed by atoms with Crippen molar-refractivity contribution in [2.24, 2.45) is 0 Å². The van der Waals surface area contributed by atoms with Gasteiger partial charge in [0.15, 0.2) is 0 Å². The SMILES string of the molecule is O=C(NCc1cccc2ccccc12)c1ccc(CN2CC3(CCN(Cc4ccc(C(F)(F)F)cc4)CC3)OC2=O)cc1. The van der Waals surface area contributed by atoms with Gasteiger partial charge in [0.25, 0.3) is 5.91 Å². The van der Waals surface area contributed by atoms with E-state index in [0.29, 0.717) is 57.7 Å². The van der Waals surface area contributed by atoms with Gasteiger partial charge >= 0.3 is 12.3 Å². The Bertz CT molecular complexity index is 1610. The number of nitrogens with one attached hydrogen (secondary N) is 1. The Morgan fingerprint density at radius 3 is 2.21 bits per heavy atom. The topological polar surface area (TPSA) is 61.9 Å². The maximum atomic E-state index is 12.8. The highest BCUT2D eigenvalue weighted by Crippen LogP contribution is 2.35. The van der Waals surface area contributed by atoms with Gasteiger partial charge in [0.05, 0.1) is 12.1 Å². The van der Waals surface area contributed by atoms with E-state index >= 15 is 0 Å². The number of ether oxygens (including phenoxy) is 1. The van der Waals surface area contributed by atoms with Crippen LogP contribution >= 0.6 is 0 Å². The number of rotatable bonds is 7. The van der Waals surface area contributed by atoms with Crippen molar-refractivity contribution < 1.29 is 27.5 Å². The molecule has 0 aliphatic carbocycles. The van der Waals surface area contributed by atoms with E-state index in [1.807, 2.05) is 54.6 Å². The van der Waals surface area contributed by atoms with Crippen LogP contribution in [-0.2, 0) is 30.5 Å². The molecule has 1 spiro atoms. The molecular weight excluding hydrogens is 555 g/mol. The number of likely N-dealkylation sites (tertiary alicyclic amines) is 1. The van der Waals surface area contributed by atoms with E-state index in [-0.39, 0.29) is 12.0 Å². The zero-order valence-electron chi connectivity index (χ0n) is 23.6. The molecule has 0 atom stereocenters. The lowest BCUT2D eigenvalue weighted by atomic mass is 9.91. The number of carbonyl (C=O) groups excluding carboxylic acids is 2. The molecule has 0 aromatic heterocycles. The van der Waals surface area contributed by atoms with Gasteiger partial charge in [-0.1, -0.05) is 66.7 Å². The molecule has 2 amide bonds. The molecule has 2 heterocycles. The summed E-state index contributed by atoms with van der Waals surface area (Å²) in [7, 11) is 0. The van der Waals surface area contributed by atoms with Crippen molar-refractivity contribution in [1.29, 1.82) is 0 Å². The second-order valence-corrected chi connectivity index (χ2v) is 11.4. The number of nitrogens with zero attached hydrogens (tertiary/aromatic N) is 2. The van der Waals surface area contributed by atoms with Gasteiger partial charge in [-0.15, -0.1) is 0 Å². The van der Waals surface area contributed by atoms with Crippen molar-refractivity contribution in [3.63, 3.8) is 0 Å². The van der Waals surface area contributed by atoms with Gasteiger partial charge < -0.3 is 10.1 Å². The smallest absolute Gasteiger partial charge is 0.416 e. The molecule has 2 aliphatic heterocycles. The molecule has 222 valence electrons. The van der Waals surface area contributed by atoms with Crippen LogP contribution in [0.1, 0.15) is 45.5 Å². The van der Waals surface area contributed by atoms with E-state index in [1.165, 1.54) is 12.1 Å². The predicted octanol–water partition coefficient (Wildman–Crippen LogP) is 6.78. The molecule has 2 aliphatic rings. The van der Waals surface area contributed by atoms with Gasteiger partial charge in [0.1, 0.15) is 5.60 Å². The average Bonchev–Trinajstić information content (AvgIpc) is 3.31. The third-order valence-electron chi connectivity index (χ3n) is 8.40. The van der Waals surface area contributed by atoms with E-state index in [4.69, 9.17) is 4.74 Å². The van der Waals surface area contributed by atoms with E-state index in [2.05, 4.69) is 10.2 Å². The summed E-state index contributed by atoms with van der Waals surface area (Å²) < 4.78 is 44.4. The molecule has 0 saturated carbocycles. The summed E-state index contributed by atoms with van der Waals surface area (Å²) in [6.45, 7) is 3.20. The van der Waals surface area contributed by atoms with Crippen molar-refractivity contribution in [1.82, 2.24) is 15.1 Å². The first-order chi connectivity index (χ1) is 20.7. The van der Waals surface area contributed by atoms with Gasteiger partial charge in [0, 0.05) is 51.1 Å². The van der Waals surface area contributed by atoms with Crippen molar-refractivity contribution in [3.05, 3.63) is 119 Å². The van der Waals surface area contributed by atoms with E-state index in [0.717, 1.165) is 39.6 Å². The van der Waals surface area contributed by atoms with Gasteiger partial charge in [-0.05, 0) is 51.7 Å². The maximum absolute atomic E-state index is 12.8. The van der Waals surface area contributed by atoms with E-state index < -0.39 is 17.3 Å². The zero-order chi connectivity index (χ0) is 30.0. The van der Waals surface area contributed by atoms with Crippen LogP contribution in [0.4, 0.5) is 18.0 Å². The fraction of sp³-hybridized carbons (Fsp3) is 0.294. The van der Waals surface area contributed by atoms with Crippen molar-refractivity contribution in [2.45, 2.75) is 44.3 Å². The number of alkyl halides is 3. The molecule has 2 fully saturated rings. The zero-order valence-corrected chi connectivity index (χ0v) is 23.6. The Kier molecular flexibility index (Phi) is 7.83. The Balaban J connectivity index is 0.995. The number of carbonyl (C=O) groups is 2. The number of fused-ring (bicyclic) bond motifs is 1. The lowest BCUT2D eigenvalue weighted by Gasteiger charge is -2.37. The minimum atomic E-state index is -4.34. The molecule has 0 radical (unpaired) electrons. The van der Waals surface area contributed by atoms with E-state index in [9.17, 15) is 22.8 Å². The first-order valence-corrected chi connectivity index (χ1v) is 14.4. The van der Waals surface area contributed by atoms with Crippen molar-refractivity contribution in [2.75, 3.05) is 19.6 Å². The third-order valence-corrected chi connectivity index (χ3v) is 8.40. The van der Waals surface area contributed by atoms with Crippen LogP contribution < -0.4 is 5.32 Å². The highest BCUT2D eigenvalue weighted by atomic mass is 19.4. The number of hydrogen-bond acceptors (Lipinski definition) is 4. The van der Waals surface area contributed by atoms with Crippen LogP contribution in [0.25, 0.3) is 10.8 Å². The molecule has 6 nitrogen and oxygen atoms in total. The second kappa shape index (κ2) is 11.7. The van der Waals surface area contributed by atoms with Crippen molar-refractivity contribution in [3.8, 4) is 0 Å². The molecule has 43 heavy (non-hydrogen) atoms. The number of halogens is 3. The first kappa shape index (κ1) is 28.7. The Labute approximate surface area is 248 Å². The van der Waals surface area contributed by atoms with Gasteiger partial charge in [-0.2, -0.15) is 13.2 Å². The Morgan fingerprint density at radius 2 is 1.49 bits per heavy atom. The fourth-order valence-electron chi connectivity index (χ4n) is 5.96. The largest absolute Gasteiger partial charge is 0.441 e. The standard InChI is InChI=1S/C34H32F3N3O3/c35-34(36,37)29-14-10-24(11-15-29)21-39-18-16-33(17-19-39)23-40(32(42)43-33)22-25-8-12-27(13-9-25)31(41)38-20-28-6-3-5-26-4-1-2-7-30(26)28/h1-15H,16-23H2,(H,38,41). The predicted molar refractivity (Wildman–Crippen MR) is 157 cm³/mol. The lowest BCUT2D eigenvalue weighted by molar-refractivity contribution is -0.137. The van der Waals surface area contributed by atoms with Crippen LogP contribution in [0.5, 0.6) is 0 Å². The highest BCUT2D eigenvalue weighted by Gasteiger charge is 2.46. The maximum Gasteiger partial charge on any atom is 0.416 e. The summed E-state index contributed by atoms with van der Waals surface area (Å²) in [6, 6.07) is 26.6. The molecule has 4 aromatic rings. The van der Waals surface area contributed by atoms with Crippen LogP contribution in [0.2, 0.25) is 0 Å². The number of benzene rings is 4. The first-order valence-electron chi connectivity index (χ1n) is 14.4. The number of piperidine rings is 1. The van der Waals surface area contributed by atoms with E-state index in [1.54, 1.807) is 17.0 Å². The minimum Gasteiger partial charge on any atom is -0.441 e. The van der Waals surface area contributed by atoms with Gasteiger partial charge in [-0.25, -0.2) is 4.79 Å². The van der Waals surface area contributed by atoms with Gasteiger partial charge in [0.2, 0.25) is 0 Å². The lowest BCUT2D eigenvalue weighted by Crippen LogP contribution is -2.46. The molecule has 1 N–H and O–H groups in total. The Morgan fingerprint density at radius 1 is 0.837 bits per heavy atom. The summed E-state index contributed by atoms with van der Waals surface area (Å²) in [5.74, 6) is -0.165. The molecular formula is C34H32F3N3O3. The number of amides is 2. The summed E-state index contributed by atoms with van der Waals surface area (Å²) in [5, 5.41) is 5.24. The van der Waals surface area contributed by atoms with Crippen LogP contribution in [0, 0.1) is 0 Å². The number of hydrogen-bond donors (Lipinski definition) is 1. The summed E-state index contributed by atoms with van der Waals surface area (Å²) in [5.41, 5.74) is 2.11. The summed E-state index contributed by atoms with van der Waals surface area (Å²) >= 11 is 0. The van der Waals surface area contributed by atoms with Crippen LogP contribution in [0.3, 0.4) is 0 Å². The second-order valence-electron chi connectivity index (χ2n) is 11.4. The Hall–Kier alpha value is -4.37. The normalized spacial score (nSPS) is 16.9. The summed E-state index contributed by atoms with van der Waals surface area (Å²) in [6.07, 6.45) is -3.38. The van der Waals surface area contributed by atoms with Crippen LogP contribution in [0.15, 0.2) is 91.0 Å². The fourth-order valence-corrected chi connectivity index (χ4v) is 5.96. The highest BCUT2D eigenvalue weighted by molar-refractivity contribution is 5.94. The molecule has 6 rings (SSSR count). The van der Waals surface area contributed by atoms with Crippen LogP contribution in [-0.4, -0.2) is 47.0 Å². The molecule has 0 unspecified atom stereocenters. The monoisotopic (exact) mass is 587 g/mol. The summed E-state index contributed by atoms with van der Waals surface area (Å²) in [4.78, 5) is 29.4.